The van der Waals surface area contributed by atoms with Crippen molar-refractivity contribution in [1.29, 1.82) is 0 Å². The van der Waals surface area contributed by atoms with Crippen molar-refractivity contribution >= 4 is 17.1 Å². The van der Waals surface area contributed by atoms with Gasteiger partial charge in [-0.2, -0.15) is 0 Å². The summed E-state index contributed by atoms with van der Waals surface area (Å²) in [6.45, 7) is -0.298. The third kappa shape index (κ3) is 3.24. The lowest BCUT2D eigenvalue weighted by Crippen LogP contribution is -2.12. The van der Waals surface area contributed by atoms with E-state index in [0.717, 1.165) is 0 Å². The summed E-state index contributed by atoms with van der Waals surface area (Å²) >= 11 is 0. The molecule has 0 aliphatic rings. The van der Waals surface area contributed by atoms with Gasteiger partial charge in [0.15, 0.2) is 0 Å². The van der Waals surface area contributed by atoms with E-state index in [2.05, 4.69) is 5.32 Å². The van der Waals surface area contributed by atoms with Crippen molar-refractivity contribution in [2.75, 3.05) is 37.9 Å². The Kier molecular flexibility index (Phi) is 5.34. The molecule has 0 saturated heterocycles. The van der Waals surface area contributed by atoms with Crippen LogP contribution in [0.15, 0.2) is 6.07 Å². The van der Waals surface area contributed by atoms with Crippen LogP contribution in [-0.2, 0) is 6.42 Å². The molecule has 8 nitrogen and oxygen atoms in total. The number of hydrogen-bond donors (Lipinski definition) is 4. The van der Waals surface area contributed by atoms with Crippen molar-refractivity contribution in [3.05, 3.63) is 21.7 Å². The molecule has 0 saturated carbocycles. The lowest BCUT2D eigenvalue weighted by atomic mass is 10.1. The van der Waals surface area contributed by atoms with Gasteiger partial charge in [-0.3, -0.25) is 10.1 Å². The van der Waals surface area contributed by atoms with Gasteiger partial charge in [-0.25, -0.2) is 0 Å². The summed E-state index contributed by atoms with van der Waals surface area (Å²) in [5, 5.41) is 31.6. The first-order valence-electron chi connectivity index (χ1n) is 5.66. The lowest BCUT2D eigenvalue weighted by Gasteiger charge is -2.15. The number of nitro benzene ring substituents is 1. The second-order valence-corrected chi connectivity index (χ2v) is 3.76. The maximum atomic E-state index is 11.2. The van der Waals surface area contributed by atoms with E-state index in [1.54, 1.807) is 0 Å². The predicted molar refractivity (Wildman–Crippen MR) is 70.4 cm³/mol. The average molecular weight is 271 g/mol. The van der Waals surface area contributed by atoms with Crippen LogP contribution < -0.4 is 15.8 Å². The molecule has 8 heteroatoms. The van der Waals surface area contributed by atoms with Crippen molar-refractivity contribution in [2.45, 2.75) is 6.42 Å². The Morgan fingerprint density at radius 2 is 2.16 bits per heavy atom. The van der Waals surface area contributed by atoms with Gasteiger partial charge < -0.3 is 26.0 Å². The second kappa shape index (κ2) is 6.76. The zero-order valence-electron chi connectivity index (χ0n) is 10.5. The molecule has 0 heterocycles. The molecule has 0 fully saturated rings. The van der Waals surface area contributed by atoms with Gasteiger partial charge in [-0.05, 0) is 6.07 Å². The molecule has 0 unspecified atom stereocenters. The van der Waals surface area contributed by atoms with Crippen molar-refractivity contribution in [1.82, 2.24) is 0 Å². The first kappa shape index (κ1) is 15.0. The number of nitrogens with two attached hydrogens (primary N) is 1. The highest BCUT2D eigenvalue weighted by atomic mass is 16.6. The number of anilines is 2. The summed E-state index contributed by atoms with van der Waals surface area (Å²) < 4.78 is 5.06. The SMILES string of the molecule is COc1cc(CCO)c([N+](=O)[O-])c(NCCO)c1N. The molecule has 0 bridgehead atoms. The summed E-state index contributed by atoms with van der Waals surface area (Å²) in [5.74, 6) is 0.287. The van der Waals surface area contributed by atoms with Crippen LogP contribution in [0.5, 0.6) is 5.75 Å². The maximum Gasteiger partial charge on any atom is 0.297 e. The number of nitro groups is 1. The van der Waals surface area contributed by atoms with E-state index >= 15 is 0 Å². The second-order valence-electron chi connectivity index (χ2n) is 3.76. The van der Waals surface area contributed by atoms with E-state index in [1.165, 1.54) is 13.2 Å². The fourth-order valence-electron chi connectivity index (χ4n) is 1.76. The number of rotatable bonds is 7. The maximum absolute atomic E-state index is 11.2. The van der Waals surface area contributed by atoms with Crippen LogP contribution in [0.1, 0.15) is 5.56 Å². The average Bonchev–Trinajstić information content (AvgIpc) is 2.38. The van der Waals surface area contributed by atoms with Gasteiger partial charge >= 0.3 is 0 Å². The van der Waals surface area contributed by atoms with Crippen molar-refractivity contribution in [3.8, 4) is 5.75 Å². The van der Waals surface area contributed by atoms with E-state index in [9.17, 15) is 10.1 Å². The van der Waals surface area contributed by atoms with Crippen molar-refractivity contribution in [2.24, 2.45) is 0 Å². The molecule has 0 aliphatic carbocycles. The number of ether oxygens (including phenoxy) is 1. The number of methoxy groups -OCH3 is 1. The third-order valence-electron chi connectivity index (χ3n) is 2.58. The van der Waals surface area contributed by atoms with Crippen LogP contribution in [0.2, 0.25) is 0 Å². The monoisotopic (exact) mass is 271 g/mol. The van der Waals surface area contributed by atoms with Crippen LogP contribution in [0.4, 0.5) is 17.1 Å². The molecular weight excluding hydrogens is 254 g/mol. The van der Waals surface area contributed by atoms with Crippen molar-refractivity contribution < 1.29 is 19.9 Å². The predicted octanol–water partition coefficient (Wildman–Crippen LogP) is 0.125. The third-order valence-corrected chi connectivity index (χ3v) is 2.58. The quantitative estimate of drug-likeness (QED) is 0.315. The van der Waals surface area contributed by atoms with Crippen LogP contribution in [0.25, 0.3) is 0 Å². The molecular formula is C11H17N3O5. The molecule has 0 amide bonds. The Hall–Kier alpha value is -2.06. The summed E-state index contributed by atoms with van der Waals surface area (Å²) in [5.41, 5.74) is 6.11. The van der Waals surface area contributed by atoms with Crippen LogP contribution in [0.3, 0.4) is 0 Å². The van der Waals surface area contributed by atoms with Gasteiger partial charge in [0, 0.05) is 25.1 Å². The smallest absolute Gasteiger partial charge is 0.297 e. The fourth-order valence-corrected chi connectivity index (χ4v) is 1.76. The first-order valence-corrected chi connectivity index (χ1v) is 5.66. The van der Waals surface area contributed by atoms with E-state index in [4.69, 9.17) is 20.7 Å². The minimum absolute atomic E-state index is 0.0989. The molecule has 1 rings (SSSR count). The highest BCUT2D eigenvalue weighted by molar-refractivity contribution is 5.84. The molecule has 0 spiro atoms. The Morgan fingerprint density at radius 3 is 2.63 bits per heavy atom. The fraction of sp³-hybridized carbons (Fsp3) is 0.455. The van der Waals surface area contributed by atoms with Crippen molar-refractivity contribution in [3.63, 3.8) is 0 Å². The minimum Gasteiger partial charge on any atom is -0.494 e. The minimum atomic E-state index is -0.569. The standard InChI is InChI=1S/C11H17N3O5/c1-19-8-6-7(2-4-15)11(14(17)18)10(9(8)12)13-3-5-16/h6,13,15-16H,2-5,12H2,1H3. The number of aliphatic hydroxyl groups is 2. The lowest BCUT2D eigenvalue weighted by molar-refractivity contribution is -0.384. The molecule has 0 atom stereocenters. The highest BCUT2D eigenvalue weighted by Crippen LogP contribution is 2.40. The first-order chi connectivity index (χ1) is 9.06. The number of nitrogen functional groups attached to an aromatic ring is 1. The molecule has 106 valence electrons. The van der Waals surface area contributed by atoms with E-state index in [1.807, 2.05) is 0 Å². The van der Waals surface area contributed by atoms with E-state index in [0.29, 0.717) is 5.56 Å². The zero-order valence-corrected chi connectivity index (χ0v) is 10.5. The zero-order chi connectivity index (χ0) is 14.4. The molecule has 5 N–H and O–H groups in total. The normalized spacial score (nSPS) is 10.3. The number of aliphatic hydroxyl groups excluding tert-OH is 2. The molecule has 0 aromatic heterocycles. The molecule has 1 aromatic carbocycles. The number of hydrogen-bond acceptors (Lipinski definition) is 7. The largest absolute Gasteiger partial charge is 0.494 e. The van der Waals surface area contributed by atoms with Gasteiger partial charge in [0.1, 0.15) is 17.1 Å². The molecule has 0 aliphatic heterocycles. The summed E-state index contributed by atoms with van der Waals surface area (Å²) in [6.07, 6.45) is 0.112. The molecule has 19 heavy (non-hydrogen) atoms. The Balaban J connectivity index is 3.42. The van der Waals surface area contributed by atoms with E-state index < -0.39 is 4.92 Å². The number of nitrogens with zero attached hydrogens (tertiary/aromatic N) is 1. The van der Waals surface area contributed by atoms with E-state index in [-0.39, 0.29) is 49.0 Å². The van der Waals surface area contributed by atoms with Gasteiger partial charge in [0.25, 0.3) is 5.69 Å². The topological polar surface area (TPSA) is 131 Å². The van der Waals surface area contributed by atoms with Crippen LogP contribution in [0, 0.1) is 10.1 Å². The highest BCUT2D eigenvalue weighted by Gasteiger charge is 2.25. The summed E-state index contributed by atoms with van der Waals surface area (Å²) in [4.78, 5) is 10.6. The van der Waals surface area contributed by atoms with Gasteiger partial charge in [-0.1, -0.05) is 0 Å². The Labute approximate surface area is 110 Å². The van der Waals surface area contributed by atoms with Gasteiger partial charge in [0.05, 0.1) is 18.6 Å². The van der Waals surface area contributed by atoms with Crippen LogP contribution in [-0.4, -0.2) is 42.0 Å². The summed E-state index contributed by atoms with van der Waals surface area (Å²) in [6, 6.07) is 1.44. The van der Waals surface area contributed by atoms with Gasteiger partial charge in [0.2, 0.25) is 0 Å². The molecule has 0 radical (unpaired) electrons. The molecule has 1 aromatic rings. The van der Waals surface area contributed by atoms with Crippen LogP contribution >= 0.6 is 0 Å². The Morgan fingerprint density at radius 1 is 1.47 bits per heavy atom. The number of nitrogens with one attached hydrogen (secondary N) is 1. The summed E-state index contributed by atoms with van der Waals surface area (Å²) in [7, 11) is 1.40. The Bertz CT molecular complexity index is 464. The number of benzene rings is 1. The van der Waals surface area contributed by atoms with Gasteiger partial charge in [-0.15, -0.1) is 0 Å².